The Morgan fingerprint density at radius 2 is 2.22 bits per heavy atom. The first kappa shape index (κ1) is 13.8. The third kappa shape index (κ3) is 3.11. The summed E-state index contributed by atoms with van der Waals surface area (Å²) < 4.78 is 24.8. The van der Waals surface area contributed by atoms with Gasteiger partial charge in [0.05, 0.1) is 4.92 Å². The molecule has 0 spiro atoms. The summed E-state index contributed by atoms with van der Waals surface area (Å²) in [5, 5.41) is 18.9. The summed E-state index contributed by atoms with van der Waals surface area (Å²) in [5.41, 5.74) is 4.52. The number of aliphatic carboxylic acids is 1. The maximum atomic E-state index is 11.5. The molecule has 0 aliphatic rings. The minimum Gasteiger partial charge on any atom is -0.480 e. The fourth-order valence-electron chi connectivity index (χ4n) is 0.979. The summed E-state index contributed by atoms with van der Waals surface area (Å²) in [4.78, 5) is 22.7. The molecule has 0 saturated carbocycles. The topological polar surface area (TPSA) is 166 Å². The Bertz CT molecular complexity index is 598. The van der Waals surface area contributed by atoms with Gasteiger partial charge in [0.1, 0.15) is 11.4 Å². The predicted octanol–water partition coefficient (Wildman–Crippen LogP) is -1.07. The summed E-state index contributed by atoms with van der Waals surface area (Å²) >= 11 is 0. The van der Waals surface area contributed by atoms with Crippen LogP contribution in [0.15, 0.2) is 17.2 Å². The van der Waals surface area contributed by atoms with Gasteiger partial charge in [0.15, 0.2) is 0 Å². The van der Waals surface area contributed by atoms with Gasteiger partial charge in [0, 0.05) is 12.3 Å². The van der Waals surface area contributed by atoms with Crippen LogP contribution in [0.3, 0.4) is 0 Å². The average Bonchev–Trinajstić information content (AvgIpc) is 2.26. The Labute approximate surface area is 101 Å². The first-order valence-electron chi connectivity index (χ1n) is 4.35. The molecular formula is C7H8N4O6S. The normalized spacial score (nSPS) is 11.1. The van der Waals surface area contributed by atoms with Crippen LogP contribution in [-0.4, -0.2) is 35.9 Å². The third-order valence-electron chi connectivity index (χ3n) is 1.79. The van der Waals surface area contributed by atoms with Crippen LogP contribution in [0.25, 0.3) is 0 Å². The van der Waals surface area contributed by atoms with Crippen molar-refractivity contribution in [3.8, 4) is 0 Å². The molecule has 0 saturated heterocycles. The van der Waals surface area contributed by atoms with Crippen LogP contribution in [0.2, 0.25) is 0 Å². The Hall–Kier alpha value is -2.27. The van der Waals surface area contributed by atoms with Gasteiger partial charge in [-0.15, -0.1) is 0 Å². The predicted molar refractivity (Wildman–Crippen MR) is 58.1 cm³/mol. The molecule has 0 atom stereocenters. The van der Waals surface area contributed by atoms with E-state index in [4.69, 9.17) is 10.8 Å². The van der Waals surface area contributed by atoms with E-state index in [-0.39, 0.29) is 0 Å². The molecule has 1 aromatic rings. The Morgan fingerprint density at radius 1 is 1.61 bits per heavy atom. The van der Waals surface area contributed by atoms with Gasteiger partial charge in [-0.2, -0.15) is 4.72 Å². The number of nitrogen functional groups attached to an aromatic ring is 1. The monoisotopic (exact) mass is 276 g/mol. The van der Waals surface area contributed by atoms with Crippen LogP contribution in [0, 0.1) is 10.1 Å². The van der Waals surface area contributed by atoms with Gasteiger partial charge >= 0.3 is 11.7 Å². The van der Waals surface area contributed by atoms with Crippen LogP contribution in [0.4, 0.5) is 11.5 Å². The van der Waals surface area contributed by atoms with Crippen LogP contribution in [0.5, 0.6) is 0 Å². The van der Waals surface area contributed by atoms with Crippen LogP contribution >= 0.6 is 0 Å². The molecule has 18 heavy (non-hydrogen) atoms. The lowest BCUT2D eigenvalue weighted by atomic mass is 10.4. The zero-order valence-electron chi connectivity index (χ0n) is 8.73. The number of carboxylic acid groups (broad SMARTS) is 1. The van der Waals surface area contributed by atoms with Gasteiger partial charge in [-0.1, -0.05) is 0 Å². The molecule has 0 radical (unpaired) electrons. The molecule has 10 nitrogen and oxygen atoms in total. The number of nitrogens with zero attached hydrogens (tertiary/aromatic N) is 2. The lowest BCUT2D eigenvalue weighted by Gasteiger charge is -2.04. The molecule has 1 rings (SSSR count). The molecule has 0 fully saturated rings. The highest BCUT2D eigenvalue weighted by Gasteiger charge is 2.21. The average molecular weight is 276 g/mol. The highest BCUT2D eigenvalue weighted by Crippen LogP contribution is 2.21. The lowest BCUT2D eigenvalue weighted by molar-refractivity contribution is -0.384. The van der Waals surface area contributed by atoms with Crippen molar-refractivity contribution in [2.45, 2.75) is 4.90 Å². The Morgan fingerprint density at radius 3 is 2.72 bits per heavy atom. The molecular weight excluding hydrogens is 268 g/mol. The van der Waals surface area contributed by atoms with E-state index in [1.807, 2.05) is 0 Å². The molecule has 11 heteroatoms. The largest absolute Gasteiger partial charge is 0.480 e. The number of anilines is 1. The van der Waals surface area contributed by atoms with Crippen molar-refractivity contribution in [2.24, 2.45) is 0 Å². The Kier molecular flexibility index (Phi) is 3.78. The standard InChI is InChI=1S/C7H8N4O6S/c8-7-5(11(14)15)1-4(2-9-7)18(16,17)10-3-6(12)13/h1-2,10H,3H2,(H2,8,9)(H,12,13). The fraction of sp³-hybridized carbons (Fsp3) is 0.143. The van der Waals surface area contributed by atoms with Gasteiger partial charge in [-0.05, 0) is 0 Å². The number of nitrogens with two attached hydrogens (primary N) is 1. The van der Waals surface area contributed by atoms with Crippen molar-refractivity contribution >= 4 is 27.5 Å². The summed E-state index contributed by atoms with van der Waals surface area (Å²) in [6.07, 6.45) is 0.798. The summed E-state index contributed by atoms with van der Waals surface area (Å²) in [7, 11) is -4.18. The molecule has 1 aromatic heterocycles. The number of hydrogen-bond donors (Lipinski definition) is 3. The zero-order chi connectivity index (χ0) is 13.9. The first-order chi connectivity index (χ1) is 8.24. The molecule has 0 bridgehead atoms. The molecule has 0 unspecified atom stereocenters. The van der Waals surface area contributed by atoms with Crippen molar-refractivity contribution < 1.29 is 23.2 Å². The van der Waals surface area contributed by atoms with E-state index in [2.05, 4.69) is 4.98 Å². The van der Waals surface area contributed by atoms with Gasteiger partial charge in [-0.25, -0.2) is 13.4 Å². The molecule has 0 aromatic carbocycles. The highest BCUT2D eigenvalue weighted by atomic mass is 32.2. The van der Waals surface area contributed by atoms with Gasteiger partial charge in [0.2, 0.25) is 15.8 Å². The van der Waals surface area contributed by atoms with Crippen molar-refractivity contribution in [1.82, 2.24) is 9.71 Å². The number of rotatable bonds is 5. The van der Waals surface area contributed by atoms with E-state index in [0.29, 0.717) is 6.07 Å². The first-order valence-corrected chi connectivity index (χ1v) is 5.83. The second-order valence-electron chi connectivity index (χ2n) is 3.05. The number of nitro groups is 1. The van der Waals surface area contributed by atoms with Crippen molar-refractivity contribution in [3.05, 3.63) is 22.4 Å². The molecule has 1 heterocycles. The second-order valence-corrected chi connectivity index (χ2v) is 4.82. The van der Waals surface area contributed by atoms with Crippen LogP contribution < -0.4 is 10.5 Å². The van der Waals surface area contributed by atoms with E-state index >= 15 is 0 Å². The third-order valence-corrected chi connectivity index (χ3v) is 3.16. The minimum atomic E-state index is -4.18. The number of sulfonamides is 1. The quantitative estimate of drug-likeness (QED) is 0.451. The maximum Gasteiger partial charge on any atom is 0.318 e. The SMILES string of the molecule is Nc1ncc(S(=O)(=O)NCC(=O)O)cc1[N+](=O)[O-]. The van der Waals surface area contributed by atoms with Crippen molar-refractivity contribution in [2.75, 3.05) is 12.3 Å². The fourth-order valence-corrected chi connectivity index (χ4v) is 1.92. The number of pyridine rings is 1. The molecule has 0 aliphatic carbocycles. The number of aromatic nitrogens is 1. The number of nitrogens with one attached hydrogen (secondary N) is 1. The van der Waals surface area contributed by atoms with E-state index in [0.717, 1.165) is 6.20 Å². The minimum absolute atomic E-state index is 0.433. The van der Waals surface area contributed by atoms with Gasteiger partial charge in [0.25, 0.3) is 0 Å². The Balaban J connectivity index is 3.14. The maximum absolute atomic E-state index is 11.5. The van der Waals surface area contributed by atoms with E-state index in [1.54, 1.807) is 4.72 Å². The van der Waals surface area contributed by atoms with Gasteiger partial charge in [-0.3, -0.25) is 14.9 Å². The van der Waals surface area contributed by atoms with Gasteiger partial charge < -0.3 is 10.8 Å². The summed E-state index contributed by atoms with van der Waals surface area (Å²) in [6.45, 7) is -0.847. The van der Waals surface area contributed by atoms with Crippen LogP contribution in [-0.2, 0) is 14.8 Å². The number of carboxylic acids is 1. The zero-order valence-corrected chi connectivity index (χ0v) is 9.55. The van der Waals surface area contributed by atoms with Crippen molar-refractivity contribution in [3.63, 3.8) is 0 Å². The van der Waals surface area contributed by atoms with E-state index in [1.165, 1.54) is 0 Å². The number of carbonyl (C=O) groups is 1. The van der Waals surface area contributed by atoms with E-state index in [9.17, 15) is 23.3 Å². The smallest absolute Gasteiger partial charge is 0.318 e. The molecule has 0 amide bonds. The number of hydrogen-bond acceptors (Lipinski definition) is 7. The summed E-state index contributed by atoms with van der Waals surface area (Å²) in [5.74, 6) is -1.83. The van der Waals surface area contributed by atoms with E-state index < -0.39 is 43.9 Å². The highest BCUT2D eigenvalue weighted by molar-refractivity contribution is 7.89. The second kappa shape index (κ2) is 4.93. The van der Waals surface area contributed by atoms with Crippen molar-refractivity contribution in [1.29, 1.82) is 0 Å². The summed E-state index contributed by atoms with van der Waals surface area (Å²) in [6, 6.07) is 0.701. The molecule has 0 aliphatic heterocycles. The molecule has 98 valence electrons. The molecule has 4 N–H and O–H groups in total. The lowest BCUT2D eigenvalue weighted by Crippen LogP contribution is -2.29. The van der Waals surface area contributed by atoms with Crippen LogP contribution in [0.1, 0.15) is 0 Å².